The zero-order valence-electron chi connectivity index (χ0n) is 8.77. The smallest absolute Gasteiger partial charge is 0.211 e. The molecule has 0 unspecified atom stereocenters. The van der Waals surface area contributed by atoms with E-state index in [1.54, 1.807) is 42.6 Å². The molecule has 0 radical (unpaired) electrons. The number of benzene rings is 1. The van der Waals surface area contributed by atoms with Crippen molar-refractivity contribution in [1.82, 2.24) is 4.98 Å². The molecule has 0 N–H and O–H groups in total. The summed E-state index contributed by atoms with van der Waals surface area (Å²) >= 11 is 5.90. The quantitative estimate of drug-likeness (QED) is 0.743. The number of aryl methyl sites for hydroxylation is 1. The number of ketones is 1. The fraction of sp³-hybridized carbons (Fsp3) is 0.0769. The molecule has 0 saturated heterocycles. The van der Waals surface area contributed by atoms with E-state index in [0.717, 1.165) is 5.56 Å². The van der Waals surface area contributed by atoms with Crippen molar-refractivity contribution in [1.29, 1.82) is 0 Å². The molecule has 1 aromatic heterocycles. The van der Waals surface area contributed by atoms with Crippen molar-refractivity contribution in [2.45, 2.75) is 6.92 Å². The molecule has 2 rings (SSSR count). The molecule has 3 heteroatoms. The Balaban J connectivity index is 2.39. The van der Waals surface area contributed by atoms with E-state index in [4.69, 9.17) is 11.6 Å². The Labute approximate surface area is 98.9 Å². The van der Waals surface area contributed by atoms with Crippen LogP contribution in [-0.4, -0.2) is 10.8 Å². The monoisotopic (exact) mass is 231 g/mol. The van der Waals surface area contributed by atoms with Gasteiger partial charge in [-0.3, -0.25) is 9.78 Å². The molecule has 0 saturated carbocycles. The molecular formula is C13H10ClNO. The molecule has 1 aromatic carbocycles. The zero-order valence-corrected chi connectivity index (χ0v) is 9.53. The van der Waals surface area contributed by atoms with Gasteiger partial charge in [-0.1, -0.05) is 17.7 Å². The molecule has 0 fully saturated rings. The minimum atomic E-state index is -0.0830. The van der Waals surface area contributed by atoms with Crippen LogP contribution in [0.2, 0.25) is 5.02 Å². The fourth-order valence-electron chi connectivity index (χ4n) is 1.43. The van der Waals surface area contributed by atoms with Crippen molar-refractivity contribution in [3.05, 3.63) is 64.4 Å². The van der Waals surface area contributed by atoms with Gasteiger partial charge in [-0.05, 0) is 42.8 Å². The average Bonchev–Trinajstić information content (AvgIpc) is 2.33. The van der Waals surface area contributed by atoms with Crippen LogP contribution in [0.4, 0.5) is 0 Å². The van der Waals surface area contributed by atoms with Crippen LogP contribution in [0.1, 0.15) is 21.6 Å². The Kier molecular flexibility index (Phi) is 3.02. The lowest BCUT2D eigenvalue weighted by Crippen LogP contribution is -2.03. The molecule has 0 spiro atoms. The molecule has 1 heterocycles. The van der Waals surface area contributed by atoms with Gasteiger partial charge in [-0.15, -0.1) is 0 Å². The number of hydrogen-bond donors (Lipinski definition) is 0. The third-order valence-electron chi connectivity index (χ3n) is 2.32. The topological polar surface area (TPSA) is 30.0 Å². The van der Waals surface area contributed by atoms with Crippen LogP contribution in [0, 0.1) is 6.92 Å². The standard InChI is InChI=1S/C13H10ClNO/c1-9-8-10(5-6-11(9)14)13(16)12-4-2-3-7-15-12/h2-8H,1H3. The number of halogens is 1. The van der Waals surface area contributed by atoms with Crippen molar-refractivity contribution >= 4 is 17.4 Å². The Morgan fingerprint density at radius 3 is 2.69 bits per heavy atom. The molecule has 0 aliphatic carbocycles. The minimum absolute atomic E-state index is 0.0830. The van der Waals surface area contributed by atoms with Crippen molar-refractivity contribution in [3.63, 3.8) is 0 Å². The second kappa shape index (κ2) is 4.45. The van der Waals surface area contributed by atoms with Gasteiger partial charge in [0.2, 0.25) is 5.78 Å². The van der Waals surface area contributed by atoms with E-state index in [9.17, 15) is 4.79 Å². The maximum absolute atomic E-state index is 12.0. The van der Waals surface area contributed by atoms with E-state index < -0.39 is 0 Å². The number of hydrogen-bond acceptors (Lipinski definition) is 2. The number of pyridine rings is 1. The Bertz CT molecular complexity index is 523. The number of carbonyl (C=O) groups is 1. The Morgan fingerprint density at radius 2 is 2.06 bits per heavy atom. The van der Waals surface area contributed by atoms with E-state index in [1.165, 1.54) is 0 Å². The van der Waals surface area contributed by atoms with Crippen molar-refractivity contribution in [3.8, 4) is 0 Å². The second-order valence-electron chi connectivity index (χ2n) is 3.51. The summed E-state index contributed by atoms with van der Waals surface area (Å²) in [7, 11) is 0. The molecule has 0 amide bonds. The van der Waals surface area contributed by atoms with Crippen LogP contribution in [0.3, 0.4) is 0 Å². The third-order valence-corrected chi connectivity index (χ3v) is 2.74. The molecule has 0 bridgehead atoms. The largest absolute Gasteiger partial charge is 0.287 e. The fourth-order valence-corrected chi connectivity index (χ4v) is 1.55. The number of aromatic nitrogens is 1. The lowest BCUT2D eigenvalue weighted by Gasteiger charge is -2.02. The first-order valence-electron chi connectivity index (χ1n) is 4.90. The molecule has 0 aliphatic rings. The summed E-state index contributed by atoms with van der Waals surface area (Å²) in [6, 6.07) is 10.5. The van der Waals surface area contributed by atoms with Crippen LogP contribution >= 0.6 is 11.6 Å². The molecule has 2 aromatic rings. The summed E-state index contributed by atoms with van der Waals surface area (Å²) in [5.74, 6) is -0.0830. The zero-order chi connectivity index (χ0) is 11.5. The van der Waals surface area contributed by atoms with Crippen molar-refractivity contribution in [2.75, 3.05) is 0 Å². The van der Waals surface area contributed by atoms with Crippen molar-refractivity contribution < 1.29 is 4.79 Å². The number of rotatable bonds is 2. The van der Waals surface area contributed by atoms with Gasteiger partial charge in [-0.2, -0.15) is 0 Å². The Morgan fingerprint density at radius 1 is 1.25 bits per heavy atom. The van der Waals surface area contributed by atoms with E-state index in [0.29, 0.717) is 16.3 Å². The maximum atomic E-state index is 12.0. The molecule has 0 atom stereocenters. The van der Waals surface area contributed by atoms with Crippen LogP contribution in [-0.2, 0) is 0 Å². The first kappa shape index (κ1) is 10.8. The highest BCUT2D eigenvalue weighted by Gasteiger charge is 2.10. The number of nitrogens with zero attached hydrogens (tertiary/aromatic N) is 1. The van der Waals surface area contributed by atoms with E-state index in [2.05, 4.69) is 4.98 Å². The first-order valence-corrected chi connectivity index (χ1v) is 5.28. The summed E-state index contributed by atoms with van der Waals surface area (Å²) in [6.45, 7) is 1.87. The highest BCUT2D eigenvalue weighted by atomic mass is 35.5. The number of carbonyl (C=O) groups excluding carboxylic acids is 1. The molecule has 80 valence electrons. The van der Waals surface area contributed by atoms with Gasteiger partial charge in [0.05, 0.1) is 0 Å². The summed E-state index contributed by atoms with van der Waals surface area (Å²) < 4.78 is 0. The summed E-state index contributed by atoms with van der Waals surface area (Å²) in [6.07, 6.45) is 1.61. The van der Waals surface area contributed by atoms with E-state index in [1.807, 2.05) is 6.92 Å². The summed E-state index contributed by atoms with van der Waals surface area (Å²) in [5.41, 5.74) is 1.95. The summed E-state index contributed by atoms with van der Waals surface area (Å²) in [4.78, 5) is 16.0. The SMILES string of the molecule is Cc1cc(C(=O)c2ccccn2)ccc1Cl. The summed E-state index contributed by atoms with van der Waals surface area (Å²) in [5, 5.41) is 0.664. The molecule has 16 heavy (non-hydrogen) atoms. The molecular weight excluding hydrogens is 222 g/mol. The second-order valence-corrected chi connectivity index (χ2v) is 3.92. The van der Waals surface area contributed by atoms with Crippen LogP contribution < -0.4 is 0 Å². The predicted octanol–water partition coefficient (Wildman–Crippen LogP) is 3.27. The van der Waals surface area contributed by atoms with Gasteiger partial charge in [0.15, 0.2) is 0 Å². The maximum Gasteiger partial charge on any atom is 0.211 e. The van der Waals surface area contributed by atoms with Gasteiger partial charge in [0, 0.05) is 16.8 Å². The van der Waals surface area contributed by atoms with Crippen LogP contribution in [0.5, 0.6) is 0 Å². The van der Waals surface area contributed by atoms with Crippen LogP contribution in [0.15, 0.2) is 42.6 Å². The molecule has 0 aliphatic heterocycles. The third kappa shape index (κ3) is 2.12. The molecule has 2 nitrogen and oxygen atoms in total. The lowest BCUT2D eigenvalue weighted by atomic mass is 10.1. The van der Waals surface area contributed by atoms with Gasteiger partial charge in [0.25, 0.3) is 0 Å². The average molecular weight is 232 g/mol. The van der Waals surface area contributed by atoms with Crippen molar-refractivity contribution in [2.24, 2.45) is 0 Å². The highest BCUT2D eigenvalue weighted by Crippen LogP contribution is 2.17. The van der Waals surface area contributed by atoms with Gasteiger partial charge in [-0.25, -0.2) is 0 Å². The van der Waals surface area contributed by atoms with Gasteiger partial charge < -0.3 is 0 Å². The first-order chi connectivity index (χ1) is 7.68. The van der Waals surface area contributed by atoms with E-state index >= 15 is 0 Å². The lowest BCUT2D eigenvalue weighted by molar-refractivity contribution is 0.103. The Hall–Kier alpha value is -1.67. The highest BCUT2D eigenvalue weighted by molar-refractivity contribution is 6.31. The van der Waals surface area contributed by atoms with Crippen LogP contribution in [0.25, 0.3) is 0 Å². The van der Waals surface area contributed by atoms with E-state index in [-0.39, 0.29) is 5.78 Å². The van der Waals surface area contributed by atoms with Gasteiger partial charge >= 0.3 is 0 Å². The predicted molar refractivity (Wildman–Crippen MR) is 63.9 cm³/mol. The van der Waals surface area contributed by atoms with Gasteiger partial charge in [0.1, 0.15) is 5.69 Å². The normalized spacial score (nSPS) is 10.1. The minimum Gasteiger partial charge on any atom is -0.287 e.